The molecule has 31 heavy (non-hydrogen) atoms. The Hall–Kier alpha value is -2.77. The summed E-state index contributed by atoms with van der Waals surface area (Å²) in [6.45, 7) is 0. The van der Waals surface area contributed by atoms with E-state index in [9.17, 15) is 4.79 Å². The molecule has 0 aliphatic heterocycles. The number of anilines is 1. The van der Waals surface area contributed by atoms with E-state index in [2.05, 4.69) is 15.6 Å². The minimum atomic E-state index is -0.343. The van der Waals surface area contributed by atoms with E-state index in [-0.39, 0.29) is 11.0 Å². The highest BCUT2D eigenvalue weighted by molar-refractivity contribution is 7.80. The summed E-state index contributed by atoms with van der Waals surface area (Å²) >= 11 is 19.1. The molecule has 0 saturated heterocycles. The van der Waals surface area contributed by atoms with E-state index in [0.29, 0.717) is 15.7 Å². The van der Waals surface area contributed by atoms with Crippen molar-refractivity contribution in [1.29, 1.82) is 0 Å². The van der Waals surface area contributed by atoms with Gasteiger partial charge in [-0.05, 0) is 66.3 Å². The van der Waals surface area contributed by atoms with E-state index >= 15 is 0 Å². The number of para-hydroxylation sites is 1. The van der Waals surface area contributed by atoms with Crippen LogP contribution in [-0.4, -0.2) is 16.0 Å². The van der Waals surface area contributed by atoms with Crippen LogP contribution in [0.5, 0.6) is 0 Å². The molecule has 1 amide bonds. The first-order valence-electron chi connectivity index (χ1n) is 9.19. The van der Waals surface area contributed by atoms with E-state index in [4.69, 9.17) is 35.4 Å². The summed E-state index contributed by atoms with van der Waals surface area (Å²) in [6, 6.07) is 20.6. The van der Waals surface area contributed by atoms with Crippen molar-refractivity contribution in [2.75, 3.05) is 5.32 Å². The second-order valence-electron chi connectivity index (χ2n) is 6.51. The molecule has 1 aromatic heterocycles. The van der Waals surface area contributed by atoms with E-state index in [1.54, 1.807) is 35.6 Å². The smallest absolute Gasteiger partial charge is 0.250 e. The molecular weight excluding hydrogens is 469 g/mol. The van der Waals surface area contributed by atoms with Gasteiger partial charge in [0, 0.05) is 22.3 Å². The zero-order chi connectivity index (χ0) is 21.8. The standard InChI is InChI=1S/C23H15Cl2N3OS2/c24-15-8-5-14(6-9-15)7-12-21(29)28-23(30)26-16-10-11-17(18(25)13-16)22-27-19-3-1-2-4-20(19)31-22/h1-13H,(H2,26,28,29,30)/b12-7+. The third-order valence-electron chi connectivity index (χ3n) is 4.29. The number of aromatic nitrogens is 1. The average Bonchev–Trinajstić information content (AvgIpc) is 3.17. The number of hydrogen-bond acceptors (Lipinski definition) is 4. The van der Waals surface area contributed by atoms with Crippen LogP contribution in [0.3, 0.4) is 0 Å². The van der Waals surface area contributed by atoms with Crippen molar-refractivity contribution in [3.8, 4) is 10.6 Å². The Morgan fingerprint density at radius 2 is 1.81 bits per heavy atom. The molecule has 0 atom stereocenters. The van der Waals surface area contributed by atoms with E-state index in [1.165, 1.54) is 6.08 Å². The maximum Gasteiger partial charge on any atom is 0.250 e. The molecule has 0 aliphatic carbocycles. The van der Waals surface area contributed by atoms with Gasteiger partial charge in [-0.2, -0.15) is 0 Å². The van der Waals surface area contributed by atoms with E-state index in [1.807, 2.05) is 48.5 Å². The third-order valence-corrected chi connectivity index (χ3v) is 6.12. The third kappa shape index (κ3) is 5.48. The van der Waals surface area contributed by atoms with Crippen molar-refractivity contribution in [1.82, 2.24) is 10.3 Å². The van der Waals surface area contributed by atoms with Gasteiger partial charge in [0.1, 0.15) is 5.01 Å². The van der Waals surface area contributed by atoms with Crippen LogP contribution in [0.2, 0.25) is 10.0 Å². The number of fused-ring (bicyclic) bond motifs is 1. The molecular formula is C23H15Cl2N3OS2. The number of carbonyl (C=O) groups is 1. The Bertz CT molecular complexity index is 1270. The second-order valence-corrected chi connectivity index (χ2v) is 8.79. The van der Waals surface area contributed by atoms with Crippen LogP contribution >= 0.6 is 46.8 Å². The molecule has 4 aromatic rings. The van der Waals surface area contributed by atoms with Crippen molar-refractivity contribution < 1.29 is 4.79 Å². The van der Waals surface area contributed by atoms with Gasteiger partial charge in [-0.15, -0.1) is 11.3 Å². The van der Waals surface area contributed by atoms with Crippen LogP contribution in [0.1, 0.15) is 5.56 Å². The highest BCUT2D eigenvalue weighted by Crippen LogP contribution is 2.35. The number of nitrogens with zero attached hydrogens (tertiary/aromatic N) is 1. The summed E-state index contributed by atoms with van der Waals surface area (Å²) in [5.74, 6) is -0.343. The van der Waals surface area contributed by atoms with Crippen molar-refractivity contribution >= 4 is 79.8 Å². The van der Waals surface area contributed by atoms with Crippen molar-refractivity contribution in [2.24, 2.45) is 0 Å². The fourth-order valence-electron chi connectivity index (χ4n) is 2.82. The molecule has 0 fully saturated rings. The number of nitrogens with one attached hydrogen (secondary N) is 2. The summed E-state index contributed by atoms with van der Waals surface area (Å²) < 4.78 is 1.10. The predicted molar refractivity (Wildman–Crippen MR) is 135 cm³/mol. The lowest BCUT2D eigenvalue weighted by Crippen LogP contribution is -2.32. The van der Waals surface area contributed by atoms with Crippen molar-refractivity contribution in [2.45, 2.75) is 0 Å². The second kappa shape index (κ2) is 9.58. The first-order chi connectivity index (χ1) is 15.0. The van der Waals surface area contributed by atoms with Crippen LogP contribution in [0.25, 0.3) is 26.9 Å². The molecule has 0 bridgehead atoms. The number of benzene rings is 3. The fourth-order valence-corrected chi connectivity index (χ4v) is 4.49. The zero-order valence-corrected chi connectivity index (χ0v) is 19.1. The average molecular weight is 484 g/mol. The monoisotopic (exact) mass is 483 g/mol. The Kier molecular flexibility index (Phi) is 6.63. The van der Waals surface area contributed by atoms with Crippen LogP contribution in [-0.2, 0) is 4.79 Å². The van der Waals surface area contributed by atoms with Gasteiger partial charge >= 0.3 is 0 Å². The maximum absolute atomic E-state index is 12.1. The van der Waals surface area contributed by atoms with Gasteiger partial charge in [0.05, 0.1) is 15.2 Å². The highest BCUT2D eigenvalue weighted by Gasteiger charge is 2.11. The van der Waals surface area contributed by atoms with Crippen LogP contribution in [0, 0.1) is 0 Å². The number of thiocarbonyl (C=S) groups is 1. The summed E-state index contributed by atoms with van der Waals surface area (Å²) in [6.07, 6.45) is 3.08. The minimum Gasteiger partial charge on any atom is -0.332 e. The summed E-state index contributed by atoms with van der Waals surface area (Å²) in [4.78, 5) is 16.7. The number of amides is 1. The zero-order valence-electron chi connectivity index (χ0n) is 15.9. The molecule has 2 N–H and O–H groups in total. The number of thiazole rings is 1. The molecule has 8 heteroatoms. The predicted octanol–water partition coefficient (Wildman–Crippen LogP) is 6.80. The molecule has 3 aromatic carbocycles. The first-order valence-corrected chi connectivity index (χ1v) is 11.2. The molecule has 0 aliphatic rings. The van der Waals surface area contributed by atoms with Crippen LogP contribution in [0.4, 0.5) is 5.69 Å². The van der Waals surface area contributed by atoms with Gasteiger partial charge in [-0.1, -0.05) is 47.5 Å². The quantitative estimate of drug-likeness (QED) is 0.247. The van der Waals surface area contributed by atoms with Gasteiger partial charge < -0.3 is 5.32 Å². The molecule has 0 unspecified atom stereocenters. The Labute approximate surface area is 198 Å². The molecule has 4 nitrogen and oxygen atoms in total. The Morgan fingerprint density at radius 3 is 2.55 bits per heavy atom. The number of rotatable bonds is 4. The number of carbonyl (C=O) groups excluding carboxylic acids is 1. The van der Waals surface area contributed by atoms with Crippen molar-refractivity contribution in [3.05, 3.63) is 88.4 Å². The lowest BCUT2D eigenvalue weighted by molar-refractivity contribution is -0.115. The molecule has 0 radical (unpaired) electrons. The first kappa shape index (κ1) is 21.5. The van der Waals surface area contributed by atoms with Gasteiger partial charge in [0.25, 0.3) is 0 Å². The fraction of sp³-hybridized carbons (Fsp3) is 0. The SMILES string of the molecule is O=C(/C=C/c1ccc(Cl)cc1)NC(=S)Nc1ccc(-c2nc3ccccc3s2)c(Cl)c1. The molecule has 1 heterocycles. The summed E-state index contributed by atoms with van der Waals surface area (Å²) in [7, 11) is 0. The van der Waals surface area contributed by atoms with Gasteiger partial charge in [0.2, 0.25) is 5.91 Å². The molecule has 154 valence electrons. The topological polar surface area (TPSA) is 54.0 Å². The minimum absolute atomic E-state index is 0.176. The molecule has 0 spiro atoms. The molecule has 4 rings (SSSR count). The molecule has 0 saturated carbocycles. The van der Waals surface area contributed by atoms with E-state index < -0.39 is 0 Å². The van der Waals surface area contributed by atoms with Gasteiger partial charge in [0.15, 0.2) is 5.11 Å². The van der Waals surface area contributed by atoms with Crippen molar-refractivity contribution in [3.63, 3.8) is 0 Å². The van der Waals surface area contributed by atoms with Gasteiger partial charge in [-0.3, -0.25) is 10.1 Å². The normalized spacial score (nSPS) is 11.0. The van der Waals surface area contributed by atoms with Gasteiger partial charge in [-0.25, -0.2) is 4.98 Å². The summed E-state index contributed by atoms with van der Waals surface area (Å²) in [5.41, 5.74) is 3.31. The number of hydrogen-bond donors (Lipinski definition) is 2. The summed E-state index contributed by atoms with van der Waals surface area (Å²) in [5, 5.41) is 7.78. The van der Waals surface area contributed by atoms with Crippen LogP contribution < -0.4 is 10.6 Å². The lowest BCUT2D eigenvalue weighted by atomic mass is 10.2. The lowest BCUT2D eigenvalue weighted by Gasteiger charge is -2.10. The Morgan fingerprint density at radius 1 is 1.03 bits per heavy atom. The largest absolute Gasteiger partial charge is 0.332 e. The highest BCUT2D eigenvalue weighted by atomic mass is 35.5. The van der Waals surface area contributed by atoms with E-state index in [0.717, 1.165) is 26.4 Å². The Balaban J connectivity index is 1.39. The maximum atomic E-state index is 12.1. The van der Waals surface area contributed by atoms with Crippen LogP contribution in [0.15, 0.2) is 72.8 Å². The number of halogens is 2.